The first kappa shape index (κ1) is 31.5. The summed E-state index contributed by atoms with van der Waals surface area (Å²) in [6, 6.07) is 3.40. The first-order chi connectivity index (χ1) is 21.3. The molecule has 4 aliphatic rings. The molecule has 45 heavy (non-hydrogen) atoms. The van der Waals surface area contributed by atoms with Crippen LogP contribution in [0.5, 0.6) is 11.6 Å². The molecule has 3 fully saturated rings. The summed E-state index contributed by atoms with van der Waals surface area (Å²) in [5.74, 6) is 0.409. The molecule has 6 rings (SSSR count). The van der Waals surface area contributed by atoms with Gasteiger partial charge >= 0.3 is 6.09 Å². The normalized spacial score (nSPS) is 31.4. The van der Waals surface area contributed by atoms with E-state index in [1.54, 1.807) is 23.1 Å². The molecule has 0 spiro atoms. The monoisotopic (exact) mass is 620 g/mol. The standard InChI is InChI=1S/C35H48N4O6/c1-6-23-27-19-39(28(23)29(41)21-11-12-21)32(42)30(34(2,3)4)38-33(43)45-35(5)16-15-20(18-35)9-7-8-10-25-31(44-27)37-26-17-22(40)13-14-24(26)36-25/h13-14,17,20-21,23,27-28,30,40H,6-12,15-16,18-19H2,1-5H3,(H,38,43)/t20?,23-,27+,28+,30-,35-/m1/s1. The van der Waals surface area contributed by atoms with Crippen LogP contribution >= 0.6 is 0 Å². The van der Waals surface area contributed by atoms with Crippen molar-refractivity contribution in [2.24, 2.45) is 23.2 Å². The molecule has 2 saturated carbocycles. The number of carbonyl (C=O) groups excluding carboxylic acids is 3. The molecule has 10 nitrogen and oxygen atoms in total. The number of hydrogen-bond acceptors (Lipinski definition) is 8. The van der Waals surface area contributed by atoms with E-state index in [9.17, 15) is 19.5 Å². The summed E-state index contributed by atoms with van der Waals surface area (Å²) in [4.78, 5) is 53.2. The van der Waals surface area contributed by atoms with E-state index in [0.29, 0.717) is 35.7 Å². The van der Waals surface area contributed by atoms with Crippen LogP contribution < -0.4 is 10.1 Å². The predicted molar refractivity (Wildman–Crippen MR) is 169 cm³/mol. The number of aryl methyl sites for hydroxylation is 1. The number of benzene rings is 1. The number of ether oxygens (including phenoxy) is 2. The minimum absolute atomic E-state index is 0.0556. The Morgan fingerprint density at radius 2 is 1.89 bits per heavy atom. The largest absolute Gasteiger partial charge is 0.508 e. The Labute approximate surface area is 265 Å². The topological polar surface area (TPSA) is 131 Å². The van der Waals surface area contributed by atoms with Crippen molar-refractivity contribution in [1.82, 2.24) is 20.2 Å². The van der Waals surface area contributed by atoms with Gasteiger partial charge < -0.3 is 24.8 Å². The van der Waals surface area contributed by atoms with Crippen molar-refractivity contribution in [3.05, 3.63) is 23.9 Å². The smallest absolute Gasteiger partial charge is 0.408 e. The van der Waals surface area contributed by atoms with Crippen LogP contribution in [0.2, 0.25) is 0 Å². The zero-order valence-corrected chi connectivity index (χ0v) is 27.3. The number of fused-ring (bicyclic) bond motifs is 6. The highest BCUT2D eigenvalue weighted by Crippen LogP contribution is 2.42. The van der Waals surface area contributed by atoms with E-state index in [0.717, 1.165) is 57.1 Å². The molecule has 4 bridgehead atoms. The summed E-state index contributed by atoms with van der Waals surface area (Å²) in [5, 5.41) is 13.1. The lowest BCUT2D eigenvalue weighted by Crippen LogP contribution is -2.58. The summed E-state index contributed by atoms with van der Waals surface area (Å²) < 4.78 is 12.7. The highest BCUT2D eigenvalue weighted by molar-refractivity contribution is 5.95. The van der Waals surface area contributed by atoms with Gasteiger partial charge in [0.05, 0.1) is 23.6 Å². The zero-order chi connectivity index (χ0) is 32.1. The van der Waals surface area contributed by atoms with Crippen molar-refractivity contribution in [2.45, 2.75) is 123 Å². The third-order valence-electron chi connectivity index (χ3n) is 10.4. The lowest BCUT2D eigenvalue weighted by atomic mass is 9.85. The first-order valence-corrected chi connectivity index (χ1v) is 16.9. The van der Waals surface area contributed by atoms with Crippen molar-refractivity contribution in [2.75, 3.05) is 6.54 Å². The van der Waals surface area contributed by atoms with Gasteiger partial charge in [0, 0.05) is 17.9 Å². The number of phenols is 1. The molecule has 2 aliphatic heterocycles. The number of aromatic hydroxyl groups is 1. The Kier molecular flexibility index (Phi) is 8.46. The summed E-state index contributed by atoms with van der Waals surface area (Å²) in [6.07, 6.45) is 7.34. The summed E-state index contributed by atoms with van der Waals surface area (Å²) in [5.41, 5.74) is 0.739. The molecule has 10 heteroatoms. The predicted octanol–water partition coefficient (Wildman–Crippen LogP) is 5.73. The third-order valence-corrected chi connectivity index (χ3v) is 10.4. The minimum Gasteiger partial charge on any atom is -0.508 e. The maximum atomic E-state index is 14.5. The SMILES string of the molecule is CC[C@@H]1[C@@H]2CN(C(=O)[C@H](C(C)(C)C)NC(=O)O[C@]3(C)CCC(CCCCc4nc5ccc(O)cc5nc4O2)C3)[C@@H]1C(=O)C1CC1. The number of nitrogens with one attached hydrogen (secondary N) is 1. The van der Waals surface area contributed by atoms with Gasteiger partial charge in [-0.15, -0.1) is 0 Å². The number of alkyl carbamates (subject to hydrolysis) is 1. The number of nitrogens with zero attached hydrogens (tertiary/aromatic N) is 3. The summed E-state index contributed by atoms with van der Waals surface area (Å²) >= 11 is 0. The zero-order valence-electron chi connectivity index (χ0n) is 27.3. The lowest BCUT2D eigenvalue weighted by Gasteiger charge is -2.36. The number of carbonyl (C=O) groups is 3. The molecule has 1 aromatic heterocycles. The number of phenolic OH excluding ortho intramolecular Hbond substituents is 1. The Morgan fingerprint density at radius 1 is 1.11 bits per heavy atom. The summed E-state index contributed by atoms with van der Waals surface area (Å²) in [6.45, 7) is 9.96. The number of Topliss-reactive ketones (excluding diaryl/α,β-unsaturated/α-hetero) is 1. The van der Waals surface area contributed by atoms with Crippen LogP contribution in [0, 0.1) is 23.2 Å². The number of amides is 2. The molecule has 2 aromatic rings. The molecular formula is C35H48N4O6. The van der Waals surface area contributed by atoms with Gasteiger partial charge in [-0.3, -0.25) is 9.59 Å². The number of rotatable bonds is 3. The van der Waals surface area contributed by atoms with E-state index < -0.39 is 35.3 Å². The Bertz CT molecular complexity index is 1470. The van der Waals surface area contributed by atoms with E-state index in [1.165, 1.54) is 0 Å². The molecule has 6 atom stereocenters. The van der Waals surface area contributed by atoms with Crippen LogP contribution in [0.1, 0.15) is 98.1 Å². The summed E-state index contributed by atoms with van der Waals surface area (Å²) in [7, 11) is 0. The van der Waals surface area contributed by atoms with Gasteiger partial charge in [-0.2, -0.15) is 0 Å². The third kappa shape index (κ3) is 6.61. The average Bonchev–Trinajstić information content (AvgIpc) is 3.67. The highest BCUT2D eigenvalue weighted by Gasteiger charge is 2.53. The molecule has 244 valence electrons. The quantitative estimate of drug-likeness (QED) is 0.445. The molecule has 1 saturated heterocycles. The highest BCUT2D eigenvalue weighted by atomic mass is 16.6. The van der Waals surface area contributed by atoms with Gasteiger partial charge in [-0.05, 0) is 81.8 Å². The van der Waals surface area contributed by atoms with Crippen molar-refractivity contribution in [3.8, 4) is 11.6 Å². The molecule has 2 N–H and O–H groups in total. The number of hydrogen-bond donors (Lipinski definition) is 2. The molecule has 0 radical (unpaired) electrons. The molecular weight excluding hydrogens is 572 g/mol. The maximum absolute atomic E-state index is 14.5. The minimum atomic E-state index is -0.894. The maximum Gasteiger partial charge on any atom is 0.408 e. The van der Waals surface area contributed by atoms with Crippen molar-refractivity contribution in [1.29, 1.82) is 0 Å². The average molecular weight is 621 g/mol. The van der Waals surface area contributed by atoms with Gasteiger partial charge in [0.15, 0.2) is 5.78 Å². The van der Waals surface area contributed by atoms with Crippen LogP contribution in [0.4, 0.5) is 4.79 Å². The van der Waals surface area contributed by atoms with Crippen molar-refractivity contribution >= 4 is 28.8 Å². The van der Waals surface area contributed by atoms with Crippen LogP contribution in [0.15, 0.2) is 18.2 Å². The Balaban J connectivity index is 1.40. The second-order valence-corrected chi connectivity index (χ2v) is 15.1. The first-order valence-electron chi connectivity index (χ1n) is 16.9. The van der Waals surface area contributed by atoms with Gasteiger partial charge in [0.2, 0.25) is 11.8 Å². The fourth-order valence-electron chi connectivity index (χ4n) is 7.73. The van der Waals surface area contributed by atoms with Crippen molar-refractivity contribution < 1.29 is 29.0 Å². The molecule has 3 heterocycles. The Morgan fingerprint density at radius 3 is 2.60 bits per heavy atom. The van der Waals surface area contributed by atoms with E-state index >= 15 is 0 Å². The second-order valence-electron chi connectivity index (χ2n) is 15.1. The fraction of sp³-hybridized carbons (Fsp3) is 0.686. The van der Waals surface area contributed by atoms with Crippen LogP contribution in [0.3, 0.4) is 0 Å². The van der Waals surface area contributed by atoms with Crippen LogP contribution in [0.25, 0.3) is 11.0 Å². The molecule has 1 aromatic carbocycles. The molecule has 1 unspecified atom stereocenters. The van der Waals surface area contributed by atoms with Gasteiger partial charge in [0.1, 0.15) is 29.2 Å². The lowest BCUT2D eigenvalue weighted by molar-refractivity contribution is -0.142. The number of ketones is 1. The van der Waals surface area contributed by atoms with Gasteiger partial charge in [0.25, 0.3) is 0 Å². The second kappa shape index (κ2) is 12.1. The van der Waals surface area contributed by atoms with Crippen LogP contribution in [-0.2, 0) is 20.7 Å². The van der Waals surface area contributed by atoms with E-state index in [1.807, 2.05) is 34.6 Å². The van der Waals surface area contributed by atoms with Crippen molar-refractivity contribution in [3.63, 3.8) is 0 Å². The van der Waals surface area contributed by atoms with Gasteiger partial charge in [-0.1, -0.05) is 40.5 Å². The van der Waals surface area contributed by atoms with Gasteiger partial charge in [-0.25, -0.2) is 14.8 Å². The number of aromatic nitrogens is 2. The van der Waals surface area contributed by atoms with E-state index in [2.05, 4.69) is 5.32 Å². The Hall–Kier alpha value is -3.43. The molecule has 2 amide bonds. The van der Waals surface area contributed by atoms with E-state index in [4.69, 9.17) is 19.4 Å². The van der Waals surface area contributed by atoms with E-state index in [-0.39, 0.29) is 35.8 Å². The molecule has 2 aliphatic carbocycles. The fourth-order valence-corrected chi connectivity index (χ4v) is 7.73. The van der Waals surface area contributed by atoms with Crippen LogP contribution in [-0.4, -0.2) is 68.1 Å².